The van der Waals surface area contributed by atoms with Crippen LogP contribution in [-0.2, 0) is 16.1 Å². The molecule has 0 radical (unpaired) electrons. The highest BCUT2D eigenvalue weighted by Crippen LogP contribution is 2.47. The van der Waals surface area contributed by atoms with Crippen LogP contribution in [0.5, 0.6) is 17.2 Å². The van der Waals surface area contributed by atoms with E-state index >= 15 is 0 Å². The standard InChI is InChI=1S/C44H47FN4O6/c1-28-23-30(7-14-38(28)45)37-27-55-40-25-33(50)9-13-36(40)42(37)29-5-10-34(11-6-29)54-22-4-2-3-17-47-18-20-48(21-19-47)32-8-12-35-31(24-32)26-49(44(35)53)39-15-16-41(51)46-43(39)52/h5-14,23-25,37,39,42,50H,2-4,15-22,26-27H2,1H3,(H,46,51,52)/t37-,39?,42-/m1/s1. The number of hydrogen-bond acceptors (Lipinski definition) is 8. The van der Waals surface area contributed by atoms with E-state index in [0.29, 0.717) is 43.1 Å². The Bertz CT molecular complexity index is 2080. The maximum absolute atomic E-state index is 14.1. The molecule has 0 aromatic heterocycles. The number of phenolic OH excluding ortho intramolecular Hbond substituents is 1. The summed E-state index contributed by atoms with van der Waals surface area (Å²) in [7, 11) is 0. The lowest BCUT2D eigenvalue weighted by molar-refractivity contribution is -0.136. The number of nitrogens with zero attached hydrogens (tertiary/aromatic N) is 3. The van der Waals surface area contributed by atoms with Crippen molar-refractivity contribution in [1.82, 2.24) is 15.1 Å². The molecule has 0 spiro atoms. The number of anilines is 1. The van der Waals surface area contributed by atoms with Gasteiger partial charge in [-0.3, -0.25) is 24.6 Å². The van der Waals surface area contributed by atoms with E-state index < -0.39 is 6.04 Å². The van der Waals surface area contributed by atoms with E-state index in [0.717, 1.165) is 85.7 Å². The van der Waals surface area contributed by atoms with Gasteiger partial charge in [0.05, 0.1) is 13.2 Å². The zero-order valence-corrected chi connectivity index (χ0v) is 31.1. The molecule has 10 nitrogen and oxygen atoms in total. The number of aromatic hydroxyl groups is 1. The van der Waals surface area contributed by atoms with Crippen LogP contribution in [0.1, 0.15) is 82.1 Å². The van der Waals surface area contributed by atoms with Gasteiger partial charge in [0.2, 0.25) is 11.8 Å². The van der Waals surface area contributed by atoms with Crippen molar-refractivity contribution in [3.63, 3.8) is 0 Å². The van der Waals surface area contributed by atoms with Crippen LogP contribution in [0.15, 0.2) is 78.9 Å². The molecule has 0 saturated carbocycles. The highest BCUT2D eigenvalue weighted by Gasteiger charge is 2.39. The first-order valence-corrected chi connectivity index (χ1v) is 19.4. The first-order chi connectivity index (χ1) is 26.7. The Morgan fingerprint density at radius 1 is 0.891 bits per heavy atom. The summed E-state index contributed by atoms with van der Waals surface area (Å²) in [5.41, 5.74) is 6.40. The topological polar surface area (TPSA) is 112 Å². The molecule has 0 bridgehead atoms. The predicted molar refractivity (Wildman–Crippen MR) is 206 cm³/mol. The molecule has 55 heavy (non-hydrogen) atoms. The molecule has 1 unspecified atom stereocenters. The Labute approximate surface area is 320 Å². The smallest absolute Gasteiger partial charge is 0.255 e. The molecule has 2 saturated heterocycles. The van der Waals surface area contributed by atoms with E-state index in [-0.39, 0.29) is 47.5 Å². The maximum atomic E-state index is 14.1. The predicted octanol–water partition coefficient (Wildman–Crippen LogP) is 6.28. The number of rotatable bonds is 11. The van der Waals surface area contributed by atoms with Crippen molar-refractivity contribution in [3.8, 4) is 17.2 Å². The SMILES string of the molecule is Cc1cc([C@H]2COc3cc(O)ccc3[C@H]2c2ccc(OCCCCCN3CCN(c4ccc5c(c4)CN(C4CCC(=O)NC4=O)C5=O)CC3)cc2)ccc1F. The van der Waals surface area contributed by atoms with Gasteiger partial charge in [-0.2, -0.15) is 0 Å². The number of benzene rings is 4. The van der Waals surface area contributed by atoms with Crippen LogP contribution >= 0.6 is 0 Å². The second-order valence-corrected chi connectivity index (χ2v) is 15.2. The fraction of sp³-hybridized carbons (Fsp3) is 0.386. The number of aryl methyl sites for hydroxylation is 1. The first kappa shape index (κ1) is 36.6. The van der Waals surface area contributed by atoms with Crippen LogP contribution in [-0.4, -0.2) is 84.6 Å². The summed E-state index contributed by atoms with van der Waals surface area (Å²) in [5, 5.41) is 12.5. The molecule has 2 fully saturated rings. The van der Waals surface area contributed by atoms with E-state index in [1.54, 1.807) is 24.0 Å². The number of piperazine rings is 1. The van der Waals surface area contributed by atoms with Crippen molar-refractivity contribution in [2.75, 3.05) is 50.8 Å². The Morgan fingerprint density at radius 2 is 1.69 bits per heavy atom. The number of amides is 3. The normalized spacial score (nSPS) is 21.2. The highest BCUT2D eigenvalue weighted by molar-refractivity contribution is 6.05. The van der Waals surface area contributed by atoms with Gasteiger partial charge in [0.1, 0.15) is 29.1 Å². The van der Waals surface area contributed by atoms with Gasteiger partial charge in [0.15, 0.2) is 0 Å². The lowest BCUT2D eigenvalue weighted by atomic mass is 9.75. The van der Waals surface area contributed by atoms with Gasteiger partial charge in [-0.1, -0.05) is 30.3 Å². The second-order valence-electron chi connectivity index (χ2n) is 15.2. The number of unbranched alkanes of at least 4 members (excludes halogenated alkanes) is 2. The lowest BCUT2D eigenvalue weighted by Gasteiger charge is -2.36. The molecule has 4 aliphatic heterocycles. The summed E-state index contributed by atoms with van der Waals surface area (Å²) in [6, 6.07) is 24.2. The molecule has 0 aliphatic carbocycles. The second kappa shape index (κ2) is 15.7. The van der Waals surface area contributed by atoms with Gasteiger partial charge < -0.3 is 24.4 Å². The van der Waals surface area contributed by atoms with E-state index in [9.17, 15) is 23.9 Å². The molecule has 8 rings (SSSR count). The Morgan fingerprint density at radius 3 is 2.47 bits per heavy atom. The molecule has 4 aromatic rings. The summed E-state index contributed by atoms with van der Waals surface area (Å²) in [5.74, 6) is 0.582. The summed E-state index contributed by atoms with van der Waals surface area (Å²) < 4.78 is 26.4. The molecule has 4 aliphatic rings. The van der Waals surface area contributed by atoms with Crippen LogP contribution in [0.2, 0.25) is 0 Å². The Hall–Kier alpha value is -5.42. The van der Waals surface area contributed by atoms with Crippen molar-refractivity contribution < 1.29 is 33.4 Å². The van der Waals surface area contributed by atoms with E-state index in [2.05, 4.69) is 33.3 Å². The molecule has 4 aromatic carbocycles. The van der Waals surface area contributed by atoms with Crippen LogP contribution in [0.3, 0.4) is 0 Å². The zero-order valence-electron chi connectivity index (χ0n) is 31.1. The van der Waals surface area contributed by atoms with Crippen LogP contribution in [0.25, 0.3) is 0 Å². The monoisotopic (exact) mass is 746 g/mol. The van der Waals surface area contributed by atoms with Gasteiger partial charge >= 0.3 is 0 Å². The molecule has 11 heteroatoms. The van der Waals surface area contributed by atoms with E-state index in [4.69, 9.17) is 9.47 Å². The van der Waals surface area contributed by atoms with Crippen molar-refractivity contribution in [3.05, 3.63) is 118 Å². The van der Waals surface area contributed by atoms with Gasteiger partial charge in [-0.25, -0.2) is 4.39 Å². The molecule has 3 atom stereocenters. The number of phenols is 1. The highest BCUT2D eigenvalue weighted by atomic mass is 19.1. The number of carbonyl (C=O) groups excluding carboxylic acids is 3. The molecular formula is C44H47FN4O6. The first-order valence-electron chi connectivity index (χ1n) is 19.4. The number of ether oxygens (including phenoxy) is 2. The third-order valence-corrected chi connectivity index (χ3v) is 11.6. The van der Waals surface area contributed by atoms with Crippen molar-refractivity contribution in [2.24, 2.45) is 0 Å². The number of fused-ring (bicyclic) bond motifs is 2. The minimum absolute atomic E-state index is 0.0167. The Kier molecular flexibility index (Phi) is 10.5. The minimum Gasteiger partial charge on any atom is -0.508 e. The average molecular weight is 747 g/mol. The lowest BCUT2D eigenvalue weighted by Crippen LogP contribution is -2.52. The number of hydrogen-bond donors (Lipinski definition) is 2. The van der Waals surface area contributed by atoms with Crippen LogP contribution < -0.4 is 19.7 Å². The number of piperidine rings is 1. The zero-order chi connectivity index (χ0) is 38.1. The van der Waals surface area contributed by atoms with Crippen molar-refractivity contribution in [2.45, 2.75) is 63.5 Å². The molecule has 4 heterocycles. The summed E-state index contributed by atoms with van der Waals surface area (Å²) in [6.45, 7) is 8.05. The largest absolute Gasteiger partial charge is 0.508 e. The molecule has 286 valence electrons. The summed E-state index contributed by atoms with van der Waals surface area (Å²) >= 11 is 0. The van der Waals surface area contributed by atoms with Gasteiger partial charge in [-0.15, -0.1) is 0 Å². The fourth-order valence-electron chi connectivity index (χ4n) is 8.56. The van der Waals surface area contributed by atoms with Crippen LogP contribution in [0.4, 0.5) is 10.1 Å². The third kappa shape index (κ3) is 7.76. The summed E-state index contributed by atoms with van der Waals surface area (Å²) in [4.78, 5) is 43.6. The Balaban J connectivity index is 0.784. The number of carbonyl (C=O) groups is 3. The van der Waals surface area contributed by atoms with E-state index in [1.807, 2.05) is 42.5 Å². The molecular weight excluding hydrogens is 700 g/mol. The van der Waals surface area contributed by atoms with Crippen molar-refractivity contribution in [1.29, 1.82) is 0 Å². The van der Waals surface area contributed by atoms with Crippen LogP contribution in [0, 0.1) is 12.7 Å². The summed E-state index contributed by atoms with van der Waals surface area (Å²) in [6.07, 6.45) is 3.76. The van der Waals surface area contributed by atoms with Crippen molar-refractivity contribution >= 4 is 23.4 Å². The average Bonchev–Trinajstić information content (AvgIpc) is 3.52. The number of imide groups is 1. The minimum atomic E-state index is -0.601. The maximum Gasteiger partial charge on any atom is 0.255 e. The van der Waals surface area contributed by atoms with E-state index in [1.165, 1.54) is 6.07 Å². The number of halogens is 1. The fourth-order valence-corrected chi connectivity index (χ4v) is 8.56. The number of nitrogens with one attached hydrogen (secondary N) is 1. The third-order valence-electron chi connectivity index (χ3n) is 11.6. The van der Waals surface area contributed by atoms with Gasteiger partial charge in [0.25, 0.3) is 5.91 Å². The molecule has 2 N–H and O–H groups in total. The van der Waals surface area contributed by atoms with Gasteiger partial charge in [0, 0.05) is 73.9 Å². The molecule has 3 amide bonds. The van der Waals surface area contributed by atoms with Gasteiger partial charge in [-0.05, 0) is 104 Å². The quantitative estimate of drug-likeness (QED) is 0.136.